The summed E-state index contributed by atoms with van der Waals surface area (Å²) in [4.78, 5) is 38.1. The molecule has 0 bridgehead atoms. The third-order valence-corrected chi connectivity index (χ3v) is 12.8. The molecule has 0 aliphatic heterocycles. The Morgan fingerprint density at radius 1 is 0.299 bits per heavy atom. The van der Waals surface area contributed by atoms with Gasteiger partial charge in [-0.15, -0.1) is 0 Å². The summed E-state index contributed by atoms with van der Waals surface area (Å²) in [6.45, 7) is 6.60. The summed E-state index contributed by atoms with van der Waals surface area (Å²) in [6.07, 6.45) is 68.2. The fourth-order valence-corrected chi connectivity index (χ4v) is 8.44. The summed E-state index contributed by atoms with van der Waals surface area (Å²) in [6, 6.07) is 0. The zero-order valence-electron chi connectivity index (χ0n) is 44.7. The van der Waals surface area contributed by atoms with Crippen LogP contribution in [-0.4, -0.2) is 37.2 Å². The first-order valence-corrected chi connectivity index (χ1v) is 29.1. The summed E-state index contributed by atoms with van der Waals surface area (Å²) < 4.78 is 16.8. The summed E-state index contributed by atoms with van der Waals surface area (Å²) in [5, 5.41) is 0. The van der Waals surface area contributed by atoms with Crippen LogP contribution >= 0.6 is 0 Å². The number of carbonyl (C=O) groups is 3. The van der Waals surface area contributed by atoms with Crippen molar-refractivity contribution in [1.29, 1.82) is 0 Å². The first-order chi connectivity index (χ1) is 33.0. The lowest BCUT2D eigenvalue weighted by Gasteiger charge is -2.18. The van der Waals surface area contributed by atoms with E-state index in [0.717, 1.165) is 64.2 Å². The Balaban J connectivity index is 4.39. The number of esters is 3. The number of hydrogen-bond acceptors (Lipinski definition) is 6. The topological polar surface area (TPSA) is 78.9 Å². The maximum absolute atomic E-state index is 12.8. The van der Waals surface area contributed by atoms with Crippen molar-refractivity contribution in [2.75, 3.05) is 13.2 Å². The second-order valence-electron chi connectivity index (χ2n) is 19.6. The Kier molecular flexibility index (Phi) is 53.8. The molecule has 0 rings (SSSR count). The van der Waals surface area contributed by atoms with Crippen molar-refractivity contribution in [1.82, 2.24) is 0 Å². The lowest BCUT2D eigenvalue weighted by molar-refractivity contribution is -0.167. The highest BCUT2D eigenvalue weighted by Crippen LogP contribution is 2.17. The van der Waals surface area contributed by atoms with E-state index in [-0.39, 0.29) is 37.5 Å². The molecule has 0 saturated heterocycles. The summed E-state index contributed by atoms with van der Waals surface area (Å²) >= 11 is 0. The molecule has 0 aromatic heterocycles. The molecule has 0 spiro atoms. The normalized spacial score (nSPS) is 12.3. The van der Waals surface area contributed by atoms with E-state index in [1.54, 1.807) is 0 Å². The quantitative estimate of drug-likeness (QED) is 0.0262. The minimum Gasteiger partial charge on any atom is -0.462 e. The monoisotopic (exact) mass is 939 g/mol. The van der Waals surface area contributed by atoms with Crippen LogP contribution in [0.2, 0.25) is 0 Å². The first-order valence-electron chi connectivity index (χ1n) is 29.1. The van der Waals surface area contributed by atoms with Crippen LogP contribution < -0.4 is 0 Å². The van der Waals surface area contributed by atoms with Gasteiger partial charge in [0.2, 0.25) is 0 Å². The van der Waals surface area contributed by atoms with Gasteiger partial charge in [0.1, 0.15) is 13.2 Å². The smallest absolute Gasteiger partial charge is 0.306 e. The minimum atomic E-state index is -0.798. The largest absolute Gasteiger partial charge is 0.462 e. The molecule has 0 aromatic carbocycles. The second kappa shape index (κ2) is 56.0. The molecule has 0 aliphatic carbocycles. The molecule has 0 aromatic rings. The average molecular weight is 940 g/mol. The molecule has 0 N–H and O–H groups in total. The Labute approximate surface area is 416 Å². The second-order valence-corrected chi connectivity index (χ2v) is 19.6. The molecule has 1 atom stereocenters. The van der Waals surface area contributed by atoms with E-state index < -0.39 is 6.10 Å². The molecule has 0 heterocycles. The van der Waals surface area contributed by atoms with E-state index in [1.165, 1.54) is 193 Å². The number of rotatable bonds is 53. The number of ether oxygens (including phenoxy) is 3. The fourth-order valence-electron chi connectivity index (χ4n) is 8.44. The predicted molar refractivity (Wildman–Crippen MR) is 289 cm³/mol. The summed E-state index contributed by atoms with van der Waals surface area (Å²) in [5.41, 5.74) is 0. The molecule has 0 unspecified atom stereocenters. The van der Waals surface area contributed by atoms with Crippen LogP contribution in [0.5, 0.6) is 0 Å². The molecular formula is C61H110O6. The van der Waals surface area contributed by atoms with Crippen LogP contribution in [0.4, 0.5) is 0 Å². The van der Waals surface area contributed by atoms with Gasteiger partial charge in [0.05, 0.1) is 0 Å². The van der Waals surface area contributed by atoms with E-state index in [0.29, 0.717) is 19.3 Å². The molecule has 0 radical (unpaired) electrons. The summed E-state index contributed by atoms with van der Waals surface area (Å²) in [5.74, 6) is -0.930. The molecule has 6 heteroatoms. The van der Waals surface area contributed by atoms with Gasteiger partial charge in [0.25, 0.3) is 0 Å². The van der Waals surface area contributed by atoms with Crippen molar-refractivity contribution in [2.45, 2.75) is 309 Å². The van der Waals surface area contributed by atoms with Gasteiger partial charge in [0.15, 0.2) is 6.10 Å². The highest BCUT2D eigenvalue weighted by atomic mass is 16.6. The highest BCUT2D eigenvalue weighted by Gasteiger charge is 2.19. The number of carbonyl (C=O) groups excluding carboxylic acids is 3. The highest BCUT2D eigenvalue weighted by molar-refractivity contribution is 5.71. The lowest BCUT2D eigenvalue weighted by Crippen LogP contribution is -2.30. The maximum Gasteiger partial charge on any atom is 0.306 e. The van der Waals surface area contributed by atoms with Crippen molar-refractivity contribution < 1.29 is 28.6 Å². The van der Waals surface area contributed by atoms with Crippen molar-refractivity contribution in [3.8, 4) is 0 Å². The third kappa shape index (κ3) is 54.2. The third-order valence-electron chi connectivity index (χ3n) is 12.8. The summed E-state index contributed by atoms with van der Waals surface area (Å²) in [7, 11) is 0. The van der Waals surface area contributed by atoms with Crippen molar-refractivity contribution in [3.63, 3.8) is 0 Å². The van der Waals surface area contributed by atoms with Crippen molar-refractivity contribution in [3.05, 3.63) is 48.6 Å². The molecule has 390 valence electrons. The Hall–Kier alpha value is -2.63. The van der Waals surface area contributed by atoms with Crippen LogP contribution in [0.1, 0.15) is 303 Å². The van der Waals surface area contributed by atoms with Crippen LogP contribution in [0.25, 0.3) is 0 Å². The van der Waals surface area contributed by atoms with E-state index in [9.17, 15) is 14.4 Å². The molecule has 0 amide bonds. The number of hydrogen-bond donors (Lipinski definition) is 0. The average Bonchev–Trinajstić information content (AvgIpc) is 3.33. The Morgan fingerprint density at radius 2 is 0.552 bits per heavy atom. The standard InChI is InChI=1S/C61H110O6/c1-4-7-10-13-16-19-22-25-27-29-30-32-33-36-39-42-45-48-51-54-60(63)66-57-58(56-65-59(62)53-50-47-44-41-38-35-24-21-18-15-12-9-6-3)67-61(64)55-52-49-46-43-40-37-34-31-28-26-23-20-17-14-11-8-5-2/h17,20,26,28,34,37,43,46,58H,4-16,18-19,21-25,27,29-33,35-36,38-42,44-45,47-57H2,1-3H3/b20-17+,28-26+,37-34+,46-43+/t58-/m1/s1. The van der Waals surface area contributed by atoms with Gasteiger partial charge in [-0.2, -0.15) is 0 Å². The van der Waals surface area contributed by atoms with Crippen LogP contribution in [0, 0.1) is 0 Å². The van der Waals surface area contributed by atoms with Gasteiger partial charge in [-0.3, -0.25) is 14.4 Å². The van der Waals surface area contributed by atoms with Crippen molar-refractivity contribution in [2.24, 2.45) is 0 Å². The van der Waals surface area contributed by atoms with Gasteiger partial charge in [-0.05, 0) is 57.8 Å². The van der Waals surface area contributed by atoms with Crippen LogP contribution in [-0.2, 0) is 28.6 Å². The van der Waals surface area contributed by atoms with Gasteiger partial charge in [0, 0.05) is 19.3 Å². The van der Waals surface area contributed by atoms with Gasteiger partial charge >= 0.3 is 17.9 Å². The number of allylic oxidation sites excluding steroid dienone is 8. The predicted octanol–water partition coefficient (Wildman–Crippen LogP) is 19.4. The van der Waals surface area contributed by atoms with E-state index in [4.69, 9.17) is 14.2 Å². The lowest BCUT2D eigenvalue weighted by atomic mass is 10.0. The zero-order chi connectivity index (χ0) is 48.6. The molecule has 67 heavy (non-hydrogen) atoms. The van der Waals surface area contributed by atoms with E-state index in [2.05, 4.69) is 69.4 Å². The molecule has 0 saturated carbocycles. The number of unbranched alkanes of at least 4 members (excludes halogenated alkanes) is 34. The van der Waals surface area contributed by atoms with Gasteiger partial charge in [-0.1, -0.05) is 275 Å². The fraction of sp³-hybridized carbons (Fsp3) is 0.820. The Morgan fingerprint density at radius 3 is 0.881 bits per heavy atom. The molecule has 0 fully saturated rings. The van der Waals surface area contributed by atoms with Gasteiger partial charge in [-0.25, -0.2) is 0 Å². The Bertz CT molecular complexity index is 1170. The van der Waals surface area contributed by atoms with Crippen molar-refractivity contribution >= 4 is 17.9 Å². The SMILES string of the molecule is CCCCC/C=C/C/C=C/C/C=C/C/C=C/CCCC(=O)O[C@H](COC(=O)CCCCCCCCCCCCCCC)COC(=O)CCCCCCCCCCCCCCCCCCCCC. The minimum absolute atomic E-state index is 0.0904. The van der Waals surface area contributed by atoms with E-state index >= 15 is 0 Å². The van der Waals surface area contributed by atoms with Gasteiger partial charge < -0.3 is 14.2 Å². The van der Waals surface area contributed by atoms with Crippen LogP contribution in [0.15, 0.2) is 48.6 Å². The first kappa shape index (κ1) is 64.4. The molecular weight excluding hydrogens is 829 g/mol. The molecule has 0 aliphatic rings. The maximum atomic E-state index is 12.8. The van der Waals surface area contributed by atoms with Crippen LogP contribution in [0.3, 0.4) is 0 Å². The zero-order valence-corrected chi connectivity index (χ0v) is 44.7. The molecule has 6 nitrogen and oxygen atoms in total. The van der Waals surface area contributed by atoms with E-state index in [1.807, 2.05) is 0 Å².